The molecular formula is C16H12FNO2. The molecule has 0 fully saturated rings. The van der Waals surface area contributed by atoms with Crippen LogP contribution >= 0.6 is 0 Å². The van der Waals surface area contributed by atoms with Gasteiger partial charge in [0.25, 0.3) is 0 Å². The SMILES string of the molecule is N[C@@H](C(=O)c1cc2cc(F)ccc2o1)c1ccccc1. The standard InChI is InChI=1S/C16H12FNO2/c17-12-6-7-13-11(8-12)9-14(20-13)16(19)15(18)10-4-2-1-3-5-10/h1-9,15H,18H2/t15-/m1/s1. The summed E-state index contributed by atoms with van der Waals surface area (Å²) in [5, 5.41) is 0.550. The van der Waals surface area contributed by atoms with Gasteiger partial charge in [-0.2, -0.15) is 0 Å². The number of fused-ring (bicyclic) bond motifs is 1. The molecule has 1 atom stereocenters. The second-order valence-electron chi connectivity index (χ2n) is 4.55. The number of furan rings is 1. The van der Waals surface area contributed by atoms with Crippen LogP contribution in [0, 0.1) is 5.82 Å². The summed E-state index contributed by atoms with van der Waals surface area (Å²) in [7, 11) is 0. The highest BCUT2D eigenvalue weighted by atomic mass is 19.1. The van der Waals surface area contributed by atoms with Crippen molar-refractivity contribution in [3.05, 3.63) is 71.7 Å². The molecule has 0 spiro atoms. The predicted octanol–water partition coefficient (Wildman–Crippen LogP) is 3.45. The summed E-state index contributed by atoms with van der Waals surface area (Å²) in [5.41, 5.74) is 7.12. The summed E-state index contributed by atoms with van der Waals surface area (Å²) in [6.45, 7) is 0. The van der Waals surface area contributed by atoms with Gasteiger partial charge in [0.15, 0.2) is 5.76 Å². The topological polar surface area (TPSA) is 56.2 Å². The minimum absolute atomic E-state index is 0.141. The molecule has 0 aliphatic heterocycles. The van der Waals surface area contributed by atoms with E-state index < -0.39 is 6.04 Å². The van der Waals surface area contributed by atoms with Gasteiger partial charge in [-0.15, -0.1) is 0 Å². The maximum Gasteiger partial charge on any atom is 0.219 e. The maximum atomic E-state index is 13.1. The van der Waals surface area contributed by atoms with E-state index in [1.807, 2.05) is 18.2 Å². The summed E-state index contributed by atoms with van der Waals surface area (Å²) in [4.78, 5) is 12.3. The highest BCUT2D eigenvalue weighted by Crippen LogP contribution is 2.24. The van der Waals surface area contributed by atoms with Gasteiger partial charge in [0.2, 0.25) is 5.78 Å². The van der Waals surface area contributed by atoms with E-state index in [0.717, 1.165) is 0 Å². The van der Waals surface area contributed by atoms with E-state index in [0.29, 0.717) is 16.5 Å². The van der Waals surface area contributed by atoms with E-state index in [1.54, 1.807) is 12.1 Å². The highest BCUT2D eigenvalue weighted by molar-refractivity contribution is 6.01. The first-order chi connectivity index (χ1) is 9.65. The fourth-order valence-corrected chi connectivity index (χ4v) is 2.10. The molecule has 2 N–H and O–H groups in total. The molecule has 2 aromatic carbocycles. The van der Waals surface area contributed by atoms with Gasteiger partial charge < -0.3 is 10.2 Å². The minimum atomic E-state index is -0.790. The Hall–Kier alpha value is -2.46. The number of halogens is 1. The average Bonchev–Trinajstić information content (AvgIpc) is 2.89. The molecular weight excluding hydrogens is 257 g/mol. The predicted molar refractivity (Wildman–Crippen MR) is 73.9 cm³/mol. The number of carbonyl (C=O) groups excluding carboxylic acids is 1. The molecule has 100 valence electrons. The molecule has 1 heterocycles. The zero-order chi connectivity index (χ0) is 14.1. The van der Waals surface area contributed by atoms with Crippen LogP contribution in [-0.2, 0) is 0 Å². The molecule has 4 heteroatoms. The van der Waals surface area contributed by atoms with Crippen LogP contribution in [0.3, 0.4) is 0 Å². The third kappa shape index (κ3) is 2.21. The molecule has 0 radical (unpaired) electrons. The molecule has 0 aliphatic rings. The summed E-state index contributed by atoms with van der Waals surface area (Å²) in [5.74, 6) is -0.556. The lowest BCUT2D eigenvalue weighted by molar-refractivity contribution is 0.0936. The van der Waals surface area contributed by atoms with Gasteiger partial charge >= 0.3 is 0 Å². The molecule has 20 heavy (non-hydrogen) atoms. The van der Waals surface area contributed by atoms with Gasteiger partial charge in [-0.25, -0.2) is 4.39 Å². The largest absolute Gasteiger partial charge is 0.453 e. The molecule has 0 saturated heterocycles. The Bertz CT molecular complexity index is 765. The lowest BCUT2D eigenvalue weighted by Crippen LogP contribution is -2.20. The van der Waals surface area contributed by atoms with Gasteiger partial charge in [-0.3, -0.25) is 4.79 Å². The third-order valence-electron chi connectivity index (χ3n) is 3.16. The average molecular weight is 269 g/mol. The normalized spacial score (nSPS) is 12.5. The Kier molecular flexibility index (Phi) is 3.08. The third-order valence-corrected chi connectivity index (χ3v) is 3.16. The van der Waals surface area contributed by atoms with Crippen LogP contribution < -0.4 is 5.73 Å². The molecule has 0 saturated carbocycles. The quantitative estimate of drug-likeness (QED) is 0.741. The molecule has 3 nitrogen and oxygen atoms in total. The van der Waals surface area contributed by atoms with Gasteiger partial charge in [0.05, 0.1) is 6.04 Å². The number of carbonyl (C=O) groups is 1. The zero-order valence-corrected chi connectivity index (χ0v) is 10.5. The number of benzene rings is 2. The van der Waals surface area contributed by atoms with Crippen molar-refractivity contribution in [2.75, 3.05) is 0 Å². The smallest absolute Gasteiger partial charge is 0.219 e. The first-order valence-corrected chi connectivity index (χ1v) is 6.19. The van der Waals surface area contributed by atoms with E-state index >= 15 is 0 Å². The molecule has 0 amide bonds. The monoisotopic (exact) mass is 269 g/mol. The number of ketones is 1. The Morgan fingerprint density at radius 1 is 1.10 bits per heavy atom. The van der Waals surface area contributed by atoms with E-state index in [9.17, 15) is 9.18 Å². The molecule has 3 aromatic rings. The summed E-state index contributed by atoms with van der Waals surface area (Å²) < 4.78 is 18.6. The van der Waals surface area contributed by atoms with Crippen molar-refractivity contribution in [3.8, 4) is 0 Å². The first-order valence-electron chi connectivity index (χ1n) is 6.19. The first kappa shape index (κ1) is 12.6. The summed E-state index contributed by atoms with van der Waals surface area (Å²) in [6, 6.07) is 13.9. The summed E-state index contributed by atoms with van der Waals surface area (Å²) in [6.07, 6.45) is 0. The van der Waals surface area contributed by atoms with Crippen LogP contribution in [-0.4, -0.2) is 5.78 Å². The van der Waals surface area contributed by atoms with E-state index in [1.165, 1.54) is 24.3 Å². The second-order valence-corrected chi connectivity index (χ2v) is 4.55. The van der Waals surface area contributed by atoms with Gasteiger partial charge in [0.1, 0.15) is 11.4 Å². The molecule has 0 aliphatic carbocycles. The highest BCUT2D eigenvalue weighted by Gasteiger charge is 2.21. The van der Waals surface area contributed by atoms with Crippen LogP contribution in [0.5, 0.6) is 0 Å². The maximum absolute atomic E-state index is 13.1. The number of rotatable bonds is 3. The van der Waals surface area contributed by atoms with Crippen LogP contribution in [0.4, 0.5) is 4.39 Å². The lowest BCUT2D eigenvalue weighted by atomic mass is 10.0. The number of nitrogens with two attached hydrogens (primary N) is 1. The van der Waals surface area contributed by atoms with Crippen LogP contribution in [0.1, 0.15) is 22.2 Å². The van der Waals surface area contributed by atoms with Crippen LogP contribution in [0.2, 0.25) is 0 Å². The van der Waals surface area contributed by atoms with Crippen molar-refractivity contribution in [1.29, 1.82) is 0 Å². The fraction of sp³-hybridized carbons (Fsp3) is 0.0625. The van der Waals surface area contributed by atoms with Crippen molar-refractivity contribution < 1.29 is 13.6 Å². The van der Waals surface area contributed by atoms with Crippen molar-refractivity contribution in [3.63, 3.8) is 0 Å². The Balaban J connectivity index is 1.96. The van der Waals surface area contributed by atoms with E-state index in [4.69, 9.17) is 10.2 Å². The number of Topliss-reactive ketones (excluding diaryl/α,β-unsaturated/α-hetero) is 1. The molecule has 0 unspecified atom stereocenters. The number of hydrogen-bond acceptors (Lipinski definition) is 3. The van der Waals surface area contributed by atoms with E-state index in [-0.39, 0.29) is 17.4 Å². The molecule has 0 bridgehead atoms. The van der Waals surface area contributed by atoms with Crippen LogP contribution in [0.15, 0.2) is 59.0 Å². The molecule has 1 aromatic heterocycles. The van der Waals surface area contributed by atoms with Crippen molar-refractivity contribution >= 4 is 16.8 Å². The lowest BCUT2D eigenvalue weighted by Gasteiger charge is -2.08. The zero-order valence-electron chi connectivity index (χ0n) is 10.5. The van der Waals surface area contributed by atoms with Crippen molar-refractivity contribution in [2.24, 2.45) is 5.73 Å². The van der Waals surface area contributed by atoms with E-state index in [2.05, 4.69) is 0 Å². The second kappa shape index (κ2) is 4.90. The van der Waals surface area contributed by atoms with Crippen molar-refractivity contribution in [1.82, 2.24) is 0 Å². The van der Waals surface area contributed by atoms with Gasteiger partial charge in [-0.05, 0) is 29.8 Å². The van der Waals surface area contributed by atoms with Gasteiger partial charge in [-0.1, -0.05) is 30.3 Å². The minimum Gasteiger partial charge on any atom is -0.453 e. The Morgan fingerprint density at radius 3 is 2.60 bits per heavy atom. The Morgan fingerprint density at radius 2 is 1.85 bits per heavy atom. The summed E-state index contributed by atoms with van der Waals surface area (Å²) >= 11 is 0. The van der Waals surface area contributed by atoms with Crippen LogP contribution in [0.25, 0.3) is 11.0 Å². The molecule has 3 rings (SSSR count). The Labute approximate surface area is 114 Å². The van der Waals surface area contributed by atoms with Crippen molar-refractivity contribution in [2.45, 2.75) is 6.04 Å². The van der Waals surface area contributed by atoms with Gasteiger partial charge in [0, 0.05) is 5.39 Å². The number of hydrogen-bond donors (Lipinski definition) is 1. The fourth-order valence-electron chi connectivity index (χ4n) is 2.10.